The van der Waals surface area contributed by atoms with Crippen molar-refractivity contribution in [2.24, 2.45) is 0 Å². The molecule has 1 amide bonds. The number of carboxylic acids is 2. The molecule has 0 saturated carbocycles. The van der Waals surface area contributed by atoms with E-state index in [4.69, 9.17) is 24.5 Å². The van der Waals surface area contributed by atoms with E-state index in [9.17, 15) is 4.79 Å². The fourth-order valence-electron chi connectivity index (χ4n) is 2.96. The molecule has 0 unspecified atom stereocenters. The average Bonchev–Trinajstić information content (AvgIpc) is 2.84. The average molecular weight is 450 g/mol. The summed E-state index contributed by atoms with van der Waals surface area (Å²) in [5.74, 6) is -2.88. The monoisotopic (exact) mass is 450 g/mol. The number of hydrogen-bond donors (Lipinski definition) is 4. The van der Waals surface area contributed by atoms with Gasteiger partial charge < -0.3 is 25.6 Å². The van der Waals surface area contributed by atoms with E-state index in [1.165, 1.54) is 0 Å². The molecule has 0 aliphatic carbocycles. The van der Waals surface area contributed by atoms with Crippen LogP contribution >= 0.6 is 0 Å². The highest BCUT2D eigenvalue weighted by Gasteiger charge is 2.16. The number of carboxylic acid groups (broad SMARTS) is 2. The molecule has 0 aliphatic rings. The van der Waals surface area contributed by atoms with Crippen LogP contribution in [0.4, 0.5) is 0 Å². The predicted octanol–water partition coefficient (Wildman–Crippen LogP) is 2.85. The Bertz CT molecular complexity index is 990. The van der Waals surface area contributed by atoms with Crippen LogP contribution in [0, 0.1) is 0 Å². The summed E-state index contributed by atoms with van der Waals surface area (Å²) in [6.07, 6.45) is 0. The van der Waals surface area contributed by atoms with E-state index in [0.717, 1.165) is 22.4 Å². The molecule has 8 heteroatoms. The van der Waals surface area contributed by atoms with Gasteiger partial charge in [-0.15, -0.1) is 0 Å². The number of nitrogens with one attached hydrogen (secondary N) is 2. The number of carbonyl (C=O) groups excluding carboxylic acids is 1. The third-order valence-electron chi connectivity index (χ3n) is 4.50. The molecule has 33 heavy (non-hydrogen) atoms. The molecule has 0 saturated heterocycles. The van der Waals surface area contributed by atoms with Gasteiger partial charge in [0.1, 0.15) is 5.75 Å². The minimum Gasteiger partial charge on any atom is -0.497 e. The van der Waals surface area contributed by atoms with Gasteiger partial charge in [-0.05, 0) is 28.8 Å². The van der Waals surface area contributed by atoms with Crippen LogP contribution in [0.5, 0.6) is 5.75 Å². The highest BCUT2D eigenvalue weighted by atomic mass is 16.5. The molecule has 0 atom stereocenters. The van der Waals surface area contributed by atoms with Crippen LogP contribution in [0.3, 0.4) is 0 Å². The minimum atomic E-state index is -1.82. The number of amides is 1. The second kappa shape index (κ2) is 13.3. The minimum absolute atomic E-state index is 0.0457. The molecule has 0 bridgehead atoms. The fraction of sp³-hybridized carbons (Fsp3) is 0.160. The van der Waals surface area contributed by atoms with Gasteiger partial charge in [0, 0.05) is 6.54 Å². The number of benzene rings is 3. The second-order valence-corrected chi connectivity index (χ2v) is 6.89. The SMILES string of the molecule is COc1cccc(CNCC(=O)NC(c2ccccc2)c2ccccc2)c1.O=C(O)C(=O)O. The van der Waals surface area contributed by atoms with Crippen molar-refractivity contribution < 1.29 is 29.3 Å². The molecule has 0 heterocycles. The fourth-order valence-corrected chi connectivity index (χ4v) is 2.96. The van der Waals surface area contributed by atoms with Gasteiger partial charge in [0.25, 0.3) is 0 Å². The van der Waals surface area contributed by atoms with Crippen LogP contribution in [0.2, 0.25) is 0 Å². The molecule has 0 fully saturated rings. The topological polar surface area (TPSA) is 125 Å². The zero-order valence-corrected chi connectivity index (χ0v) is 18.1. The third-order valence-corrected chi connectivity index (χ3v) is 4.50. The Morgan fingerprint density at radius 1 is 0.818 bits per heavy atom. The lowest BCUT2D eigenvalue weighted by atomic mass is 9.99. The summed E-state index contributed by atoms with van der Waals surface area (Å²) in [7, 11) is 1.65. The molecule has 4 N–H and O–H groups in total. The molecule has 3 aromatic carbocycles. The third kappa shape index (κ3) is 8.84. The Balaban J connectivity index is 0.000000569. The summed E-state index contributed by atoms with van der Waals surface area (Å²) in [6.45, 7) is 0.847. The molecular formula is C25H26N2O6. The lowest BCUT2D eigenvalue weighted by molar-refractivity contribution is -0.159. The Hall–Kier alpha value is -4.17. The Morgan fingerprint density at radius 3 is 1.85 bits per heavy atom. The molecule has 3 aromatic rings. The molecular weight excluding hydrogens is 424 g/mol. The molecule has 0 aromatic heterocycles. The van der Waals surface area contributed by atoms with Crippen molar-refractivity contribution in [1.82, 2.24) is 10.6 Å². The molecule has 172 valence electrons. The van der Waals surface area contributed by atoms with E-state index in [2.05, 4.69) is 10.6 Å². The van der Waals surface area contributed by atoms with Crippen molar-refractivity contribution in [3.05, 3.63) is 102 Å². The van der Waals surface area contributed by atoms with Crippen molar-refractivity contribution in [2.75, 3.05) is 13.7 Å². The molecule has 0 radical (unpaired) electrons. The van der Waals surface area contributed by atoms with Gasteiger partial charge in [-0.25, -0.2) is 9.59 Å². The zero-order valence-electron chi connectivity index (χ0n) is 18.1. The quantitative estimate of drug-likeness (QED) is 0.389. The zero-order chi connectivity index (χ0) is 24.1. The maximum atomic E-state index is 12.5. The van der Waals surface area contributed by atoms with Crippen molar-refractivity contribution in [1.29, 1.82) is 0 Å². The summed E-state index contributed by atoms with van der Waals surface area (Å²) in [5.41, 5.74) is 3.19. The Morgan fingerprint density at radius 2 is 1.36 bits per heavy atom. The normalized spacial score (nSPS) is 10.0. The van der Waals surface area contributed by atoms with Gasteiger partial charge in [0.05, 0.1) is 19.7 Å². The standard InChI is InChI=1S/C23H24N2O2.C2H2O4/c1-27-21-14-8-9-18(15-21)16-24-17-22(26)25-23(19-10-4-2-5-11-19)20-12-6-3-7-13-20;3-1(4)2(5)6/h2-15,23-24H,16-17H2,1H3,(H,25,26);(H,3,4)(H,5,6). The van der Waals surface area contributed by atoms with Gasteiger partial charge in [0.15, 0.2) is 0 Å². The van der Waals surface area contributed by atoms with Crippen molar-refractivity contribution in [3.63, 3.8) is 0 Å². The maximum Gasteiger partial charge on any atom is 0.414 e. The highest BCUT2D eigenvalue weighted by molar-refractivity contribution is 6.27. The summed E-state index contributed by atoms with van der Waals surface area (Å²) in [4.78, 5) is 30.7. The van der Waals surface area contributed by atoms with E-state index in [1.54, 1.807) is 7.11 Å². The molecule has 0 spiro atoms. The number of rotatable bonds is 8. The van der Waals surface area contributed by atoms with E-state index >= 15 is 0 Å². The lowest BCUT2D eigenvalue weighted by Gasteiger charge is -2.20. The van der Waals surface area contributed by atoms with Crippen molar-refractivity contribution in [3.8, 4) is 5.75 Å². The second-order valence-electron chi connectivity index (χ2n) is 6.89. The smallest absolute Gasteiger partial charge is 0.414 e. The largest absolute Gasteiger partial charge is 0.497 e. The first kappa shape index (κ1) is 25.1. The Kier molecular flexibility index (Phi) is 10.1. The summed E-state index contributed by atoms with van der Waals surface area (Å²) < 4.78 is 5.23. The highest BCUT2D eigenvalue weighted by Crippen LogP contribution is 2.21. The lowest BCUT2D eigenvalue weighted by Crippen LogP contribution is -2.36. The Labute approximate surface area is 191 Å². The van der Waals surface area contributed by atoms with E-state index < -0.39 is 11.9 Å². The van der Waals surface area contributed by atoms with Crippen LogP contribution in [-0.2, 0) is 20.9 Å². The number of ether oxygens (including phenoxy) is 1. The number of methoxy groups -OCH3 is 1. The first-order valence-electron chi connectivity index (χ1n) is 10.1. The molecule has 0 aliphatic heterocycles. The van der Waals surface area contributed by atoms with Crippen LogP contribution in [0.15, 0.2) is 84.9 Å². The molecule has 8 nitrogen and oxygen atoms in total. The number of carbonyl (C=O) groups is 3. The van der Waals surface area contributed by atoms with Gasteiger partial charge in [0.2, 0.25) is 5.91 Å². The van der Waals surface area contributed by atoms with Crippen LogP contribution < -0.4 is 15.4 Å². The van der Waals surface area contributed by atoms with Gasteiger partial charge >= 0.3 is 11.9 Å². The molecule has 3 rings (SSSR count). The van der Waals surface area contributed by atoms with Crippen LogP contribution in [0.25, 0.3) is 0 Å². The first-order chi connectivity index (χ1) is 15.9. The number of aliphatic carboxylic acids is 2. The van der Waals surface area contributed by atoms with E-state index in [1.807, 2.05) is 84.9 Å². The van der Waals surface area contributed by atoms with Crippen molar-refractivity contribution in [2.45, 2.75) is 12.6 Å². The van der Waals surface area contributed by atoms with Crippen LogP contribution in [0.1, 0.15) is 22.7 Å². The summed E-state index contributed by atoms with van der Waals surface area (Å²) >= 11 is 0. The summed E-state index contributed by atoms with van der Waals surface area (Å²) in [5, 5.41) is 21.1. The van der Waals surface area contributed by atoms with Crippen molar-refractivity contribution >= 4 is 17.8 Å². The number of hydrogen-bond acceptors (Lipinski definition) is 5. The first-order valence-corrected chi connectivity index (χ1v) is 10.1. The maximum absolute atomic E-state index is 12.5. The van der Waals surface area contributed by atoms with Gasteiger partial charge in [-0.2, -0.15) is 0 Å². The van der Waals surface area contributed by atoms with Crippen LogP contribution in [-0.4, -0.2) is 41.7 Å². The van der Waals surface area contributed by atoms with Gasteiger partial charge in [-0.3, -0.25) is 4.79 Å². The van der Waals surface area contributed by atoms with Gasteiger partial charge in [-0.1, -0.05) is 72.8 Å². The summed E-state index contributed by atoms with van der Waals surface area (Å²) in [6, 6.07) is 27.6. The predicted molar refractivity (Wildman–Crippen MR) is 123 cm³/mol. The van der Waals surface area contributed by atoms with E-state index in [0.29, 0.717) is 6.54 Å². The van der Waals surface area contributed by atoms with E-state index in [-0.39, 0.29) is 18.5 Å².